The molecule has 0 radical (unpaired) electrons. The molecule has 0 saturated carbocycles. The molecule has 5 nitrogen and oxygen atoms in total. The smallest absolute Gasteiger partial charge is 0.445 e. The number of aliphatic hydroxyl groups is 1. The molecule has 2 atom stereocenters. The molecule has 2 aliphatic heterocycles. The summed E-state index contributed by atoms with van der Waals surface area (Å²) in [4.78, 5) is 14.3. The number of benzene rings is 2. The Morgan fingerprint density at radius 3 is 2.38 bits per heavy atom. The number of nitrogens with zero attached hydrogens (tertiary/aromatic N) is 1. The SMILES string of the molecule is O=C(OCc1ccccc1)N1C2CCC1CC(O)(c1cccc(OC(F)(F)C(F)F)c1)C2. The summed E-state index contributed by atoms with van der Waals surface area (Å²) in [7, 11) is 0. The van der Waals surface area contributed by atoms with Crippen LogP contribution in [0.2, 0.25) is 0 Å². The summed E-state index contributed by atoms with van der Waals surface area (Å²) in [5, 5.41) is 11.3. The zero-order valence-electron chi connectivity index (χ0n) is 17.1. The molecule has 0 spiro atoms. The molecule has 32 heavy (non-hydrogen) atoms. The van der Waals surface area contributed by atoms with E-state index in [1.54, 1.807) is 4.90 Å². The van der Waals surface area contributed by atoms with Crippen LogP contribution in [0.25, 0.3) is 0 Å². The Balaban J connectivity index is 1.45. The average Bonchev–Trinajstić information content (AvgIpc) is 3.04. The van der Waals surface area contributed by atoms with E-state index in [4.69, 9.17) is 4.74 Å². The molecule has 1 amide bonds. The first kappa shape index (κ1) is 22.4. The Bertz CT molecular complexity index is 942. The largest absolute Gasteiger partial charge is 0.461 e. The molecule has 4 rings (SSSR count). The molecule has 2 aromatic carbocycles. The van der Waals surface area contributed by atoms with Gasteiger partial charge in [-0.3, -0.25) is 0 Å². The van der Waals surface area contributed by atoms with Crippen LogP contribution in [0.5, 0.6) is 5.75 Å². The van der Waals surface area contributed by atoms with Crippen molar-refractivity contribution in [3.8, 4) is 5.75 Å². The minimum absolute atomic E-state index is 0.137. The van der Waals surface area contributed by atoms with E-state index in [0.29, 0.717) is 12.8 Å². The number of rotatable bonds is 6. The Morgan fingerprint density at radius 2 is 1.75 bits per heavy atom. The van der Waals surface area contributed by atoms with E-state index >= 15 is 0 Å². The molecule has 0 aliphatic carbocycles. The summed E-state index contributed by atoms with van der Waals surface area (Å²) in [5.74, 6) is -0.460. The van der Waals surface area contributed by atoms with Gasteiger partial charge in [0.2, 0.25) is 0 Å². The van der Waals surface area contributed by atoms with Gasteiger partial charge in [0.05, 0.1) is 5.60 Å². The normalized spacial score (nSPS) is 25.1. The van der Waals surface area contributed by atoms with Crippen molar-refractivity contribution < 1.29 is 36.9 Å². The fourth-order valence-corrected chi connectivity index (χ4v) is 4.60. The number of halogens is 4. The zero-order chi connectivity index (χ0) is 22.9. The number of ether oxygens (including phenoxy) is 2. The van der Waals surface area contributed by atoms with Gasteiger partial charge in [-0.1, -0.05) is 42.5 Å². The van der Waals surface area contributed by atoms with Crippen LogP contribution in [0.3, 0.4) is 0 Å². The van der Waals surface area contributed by atoms with Gasteiger partial charge in [0.25, 0.3) is 0 Å². The van der Waals surface area contributed by atoms with E-state index in [1.807, 2.05) is 30.3 Å². The molecule has 2 fully saturated rings. The fraction of sp³-hybridized carbons (Fsp3) is 0.435. The van der Waals surface area contributed by atoms with E-state index in [9.17, 15) is 27.5 Å². The van der Waals surface area contributed by atoms with Crippen LogP contribution < -0.4 is 4.74 Å². The molecule has 2 unspecified atom stereocenters. The van der Waals surface area contributed by atoms with Crippen LogP contribution in [-0.2, 0) is 16.9 Å². The maximum atomic E-state index is 13.3. The van der Waals surface area contributed by atoms with Crippen molar-refractivity contribution in [2.45, 2.75) is 62.5 Å². The van der Waals surface area contributed by atoms with Gasteiger partial charge < -0.3 is 19.5 Å². The second kappa shape index (κ2) is 8.61. The molecule has 2 bridgehead atoms. The molecule has 2 aromatic rings. The molecular formula is C23H23F4NO4. The first-order chi connectivity index (χ1) is 15.2. The van der Waals surface area contributed by atoms with E-state index in [2.05, 4.69) is 4.74 Å². The Morgan fingerprint density at radius 1 is 1.09 bits per heavy atom. The van der Waals surface area contributed by atoms with Crippen LogP contribution in [0, 0.1) is 0 Å². The van der Waals surface area contributed by atoms with Crippen molar-refractivity contribution >= 4 is 6.09 Å². The third kappa shape index (κ3) is 4.53. The summed E-state index contributed by atoms with van der Waals surface area (Å²) < 4.78 is 61.1. The Labute approximate surface area is 182 Å². The van der Waals surface area contributed by atoms with Crippen molar-refractivity contribution in [3.05, 3.63) is 65.7 Å². The number of hydrogen-bond acceptors (Lipinski definition) is 4. The molecule has 9 heteroatoms. The van der Waals surface area contributed by atoms with E-state index in [-0.39, 0.29) is 37.1 Å². The van der Waals surface area contributed by atoms with Gasteiger partial charge in [0, 0.05) is 24.9 Å². The molecule has 172 valence electrons. The van der Waals surface area contributed by atoms with Gasteiger partial charge in [-0.2, -0.15) is 17.6 Å². The van der Waals surface area contributed by atoms with Crippen LogP contribution in [0.1, 0.15) is 36.8 Å². The predicted molar refractivity (Wildman–Crippen MR) is 106 cm³/mol. The summed E-state index contributed by atoms with van der Waals surface area (Å²) in [6.07, 6.45) is -7.36. The number of piperidine rings is 1. The first-order valence-corrected chi connectivity index (χ1v) is 10.3. The lowest BCUT2D eigenvalue weighted by atomic mass is 9.80. The van der Waals surface area contributed by atoms with Gasteiger partial charge in [0.15, 0.2) is 0 Å². The summed E-state index contributed by atoms with van der Waals surface area (Å²) in [6.45, 7) is 0.137. The lowest BCUT2D eigenvalue weighted by Crippen LogP contribution is -2.52. The number of amides is 1. The van der Waals surface area contributed by atoms with Gasteiger partial charge in [-0.05, 0) is 36.1 Å². The van der Waals surface area contributed by atoms with Crippen LogP contribution >= 0.6 is 0 Å². The monoisotopic (exact) mass is 453 g/mol. The summed E-state index contributed by atoms with van der Waals surface area (Å²) in [6, 6.07) is 13.9. The van der Waals surface area contributed by atoms with E-state index in [1.165, 1.54) is 12.1 Å². The maximum absolute atomic E-state index is 13.3. The first-order valence-electron chi connectivity index (χ1n) is 10.3. The van der Waals surface area contributed by atoms with E-state index < -0.39 is 30.0 Å². The molecule has 0 aromatic heterocycles. The minimum atomic E-state index is -4.63. The Kier molecular flexibility index (Phi) is 6.03. The van der Waals surface area contributed by atoms with Gasteiger partial charge in [0.1, 0.15) is 12.4 Å². The highest BCUT2D eigenvalue weighted by Gasteiger charge is 2.51. The maximum Gasteiger partial charge on any atom is 0.461 e. The molecule has 1 N–H and O–H groups in total. The highest BCUT2D eigenvalue weighted by molar-refractivity contribution is 5.69. The number of carbonyl (C=O) groups excluding carboxylic acids is 1. The second-order valence-corrected chi connectivity index (χ2v) is 8.26. The molecule has 2 heterocycles. The highest BCUT2D eigenvalue weighted by atomic mass is 19.3. The van der Waals surface area contributed by atoms with Gasteiger partial charge >= 0.3 is 18.6 Å². The molecular weight excluding hydrogens is 430 g/mol. The third-order valence-electron chi connectivity index (χ3n) is 6.06. The number of alkyl halides is 4. The average molecular weight is 453 g/mol. The topological polar surface area (TPSA) is 59.0 Å². The van der Waals surface area contributed by atoms with Crippen LogP contribution in [-0.4, -0.2) is 40.7 Å². The standard InChI is InChI=1S/C23H23F4NO4/c24-20(25)23(26,27)32-19-8-4-7-16(11-19)22(30)12-17-9-10-18(13-22)28(17)21(29)31-14-15-5-2-1-3-6-15/h1-8,11,17-18,20,30H,9-10,12-14H2. The van der Waals surface area contributed by atoms with Gasteiger partial charge in [-0.25, -0.2) is 4.79 Å². The number of carbonyl (C=O) groups is 1. The quantitative estimate of drug-likeness (QED) is 0.621. The molecule has 2 saturated heterocycles. The second-order valence-electron chi connectivity index (χ2n) is 8.26. The third-order valence-corrected chi connectivity index (χ3v) is 6.06. The van der Waals surface area contributed by atoms with Crippen molar-refractivity contribution in [1.82, 2.24) is 4.90 Å². The van der Waals surface area contributed by atoms with Crippen molar-refractivity contribution in [1.29, 1.82) is 0 Å². The van der Waals surface area contributed by atoms with Crippen LogP contribution in [0.15, 0.2) is 54.6 Å². The van der Waals surface area contributed by atoms with Crippen molar-refractivity contribution in [2.24, 2.45) is 0 Å². The van der Waals surface area contributed by atoms with Crippen molar-refractivity contribution in [3.63, 3.8) is 0 Å². The lowest BCUT2D eigenvalue weighted by molar-refractivity contribution is -0.253. The Hall–Kier alpha value is -2.81. The number of fused-ring (bicyclic) bond motifs is 2. The minimum Gasteiger partial charge on any atom is -0.445 e. The number of hydrogen-bond donors (Lipinski definition) is 1. The summed E-state index contributed by atoms with van der Waals surface area (Å²) in [5.41, 5.74) is -0.255. The fourth-order valence-electron chi connectivity index (χ4n) is 4.60. The lowest BCUT2D eigenvalue weighted by Gasteiger charge is -2.43. The zero-order valence-corrected chi connectivity index (χ0v) is 17.1. The molecule has 2 aliphatic rings. The summed E-state index contributed by atoms with van der Waals surface area (Å²) >= 11 is 0. The predicted octanol–water partition coefficient (Wildman–Crippen LogP) is 5.07. The van der Waals surface area contributed by atoms with Crippen LogP contribution in [0.4, 0.5) is 22.4 Å². The van der Waals surface area contributed by atoms with Crippen molar-refractivity contribution in [2.75, 3.05) is 0 Å². The van der Waals surface area contributed by atoms with Gasteiger partial charge in [-0.15, -0.1) is 0 Å². The van der Waals surface area contributed by atoms with E-state index in [0.717, 1.165) is 17.7 Å². The highest BCUT2D eigenvalue weighted by Crippen LogP contribution is 2.46.